The fourth-order valence-electron chi connectivity index (χ4n) is 5.39. The van der Waals surface area contributed by atoms with E-state index in [1.165, 1.54) is 31.4 Å². The van der Waals surface area contributed by atoms with E-state index in [1.807, 2.05) is 6.08 Å². The van der Waals surface area contributed by atoms with Crippen LogP contribution in [0.2, 0.25) is 0 Å². The highest BCUT2D eigenvalue weighted by molar-refractivity contribution is 7.92. The first-order valence-electron chi connectivity index (χ1n) is 12.6. The van der Waals surface area contributed by atoms with Crippen molar-refractivity contribution in [1.29, 1.82) is 0 Å². The van der Waals surface area contributed by atoms with Gasteiger partial charge in [0.05, 0.1) is 23.5 Å². The molecule has 2 aromatic carbocycles. The van der Waals surface area contributed by atoms with E-state index in [9.17, 15) is 45.5 Å². The normalized spacial score (nSPS) is 21.0. The summed E-state index contributed by atoms with van der Waals surface area (Å²) in [7, 11) is -4.40. The number of carboxylic acids is 1. The zero-order valence-electron chi connectivity index (χ0n) is 22.0. The number of methoxy groups -OCH3 is 1. The Hall–Kier alpha value is -4.24. The van der Waals surface area contributed by atoms with E-state index in [-0.39, 0.29) is 44.2 Å². The summed E-state index contributed by atoms with van der Waals surface area (Å²) in [5.74, 6) is -4.82. The predicted molar refractivity (Wildman–Crippen MR) is 147 cm³/mol. The molecule has 0 unspecified atom stereocenters. The fourth-order valence-corrected chi connectivity index (χ4v) is 7.06. The number of hydrogen-bond acceptors (Lipinski definition) is 7. The van der Waals surface area contributed by atoms with Crippen LogP contribution in [0.1, 0.15) is 26.5 Å². The van der Waals surface area contributed by atoms with Crippen LogP contribution in [0.25, 0.3) is 10.4 Å². The number of ether oxygens (including phenoxy) is 1. The molecular weight excluding hydrogens is 616 g/mol. The number of amides is 2. The molecule has 1 heterocycles. The first kappa shape index (κ1) is 30.2. The van der Waals surface area contributed by atoms with Crippen molar-refractivity contribution in [3.63, 3.8) is 0 Å². The number of carboxylic acid groups (broad SMARTS) is 1. The third-order valence-corrected chi connectivity index (χ3v) is 9.98. The SMILES string of the molecule is COc1cc(F)c(-c2ccc(C(=O)O)s2)cc1C(=O)N[C@H]1[C@@H](C(=O)Nc2cccc(S(=O)(=O)C(F)(F)F)c2)[C@@H]2C=C[C@H]1C2. The number of halogens is 4. The van der Waals surface area contributed by atoms with Gasteiger partial charge in [0.15, 0.2) is 0 Å². The minimum absolute atomic E-state index is 0.0274. The summed E-state index contributed by atoms with van der Waals surface area (Å²) in [6, 6.07) is 7.98. The highest BCUT2D eigenvalue weighted by Crippen LogP contribution is 2.45. The van der Waals surface area contributed by atoms with Gasteiger partial charge in [0.25, 0.3) is 15.7 Å². The van der Waals surface area contributed by atoms with E-state index in [2.05, 4.69) is 10.6 Å². The topological polar surface area (TPSA) is 139 Å². The summed E-state index contributed by atoms with van der Waals surface area (Å²) in [6.45, 7) is 0. The van der Waals surface area contributed by atoms with Crippen molar-refractivity contribution in [1.82, 2.24) is 5.32 Å². The number of nitrogens with one attached hydrogen (secondary N) is 2. The molecule has 2 aliphatic rings. The van der Waals surface area contributed by atoms with Crippen molar-refractivity contribution in [3.8, 4) is 16.2 Å². The van der Waals surface area contributed by atoms with Crippen LogP contribution in [-0.4, -0.2) is 50.0 Å². The molecule has 0 spiro atoms. The highest BCUT2D eigenvalue weighted by atomic mass is 32.2. The largest absolute Gasteiger partial charge is 0.501 e. The molecule has 0 radical (unpaired) electrons. The van der Waals surface area contributed by atoms with Gasteiger partial charge in [-0.2, -0.15) is 13.2 Å². The van der Waals surface area contributed by atoms with Gasteiger partial charge in [-0.05, 0) is 54.7 Å². The van der Waals surface area contributed by atoms with Crippen molar-refractivity contribution < 1.29 is 50.2 Å². The first-order chi connectivity index (χ1) is 20.2. The first-order valence-corrected chi connectivity index (χ1v) is 14.9. The second-order valence-electron chi connectivity index (χ2n) is 9.94. The molecule has 5 rings (SSSR count). The Morgan fingerprint density at radius 1 is 1.05 bits per heavy atom. The second-order valence-corrected chi connectivity index (χ2v) is 13.0. The molecule has 15 heteroatoms. The average molecular weight is 639 g/mol. The average Bonchev–Trinajstić information content (AvgIpc) is 3.69. The molecule has 0 aliphatic heterocycles. The lowest BCUT2D eigenvalue weighted by atomic mass is 9.87. The van der Waals surface area contributed by atoms with E-state index in [0.717, 1.165) is 29.5 Å². The van der Waals surface area contributed by atoms with Crippen LogP contribution in [0, 0.1) is 23.6 Å². The highest BCUT2D eigenvalue weighted by Gasteiger charge is 2.49. The third-order valence-electron chi connectivity index (χ3n) is 7.39. The van der Waals surface area contributed by atoms with Gasteiger partial charge in [-0.15, -0.1) is 11.3 Å². The zero-order chi connectivity index (χ0) is 31.3. The van der Waals surface area contributed by atoms with Crippen molar-refractivity contribution in [2.75, 3.05) is 12.4 Å². The molecular formula is C28H22F4N2O7S2. The summed E-state index contributed by atoms with van der Waals surface area (Å²) in [6.07, 6.45) is 4.14. The van der Waals surface area contributed by atoms with E-state index < -0.39 is 55.8 Å². The molecule has 1 saturated carbocycles. The maximum atomic E-state index is 14.9. The van der Waals surface area contributed by atoms with Crippen LogP contribution in [0.4, 0.5) is 23.2 Å². The Morgan fingerprint density at radius 3 is 2.42 bits per heavy atom. The lowest BCUT2D eigenvalue weighted by Gasteiger charge is -2.28. The molecule has 3 N–H and O–H groups in total. The van der Waals surface area contributed by atoms with Gasteiger partial charge in [0, 0.05) is 28.2 Å². The number of alkyl halides is 3. The van der Waals surface area contributed by atoms with Crippen molar-refractivity contribution in [3.05, 3.63) is 76.9 Å². The third kappa shape index (κ3) is 5.61. The number of carbonyl (C=O) groups is 3. The fraction of sp³-hybridized carbons (Fsp3) is 0.250. The smallest absolute Gasteiger partial charge is 0.496 e. The van der Waals surface area contributed by atoms with E-state index in [0.29, 0.717) is 12.5 Å². The Bertz CT molecular complexity index is 1770. The van der Waals surface area contributed by atoms with Gasteiger partial charge < -0.3 is 20.5 Å². The molecule has 3 aromatic rings. The number of aromatic carboxylic acids is 1. The van der Waals surface area contributed by atoms with Crippen LogP contribution in [0.5, 0.6) is 5.75 Å². The standard InChI is InChI=1S/C28H22F4N2O7S2/c1-41-20-12-19(29)17(21-7-8-22(42-21)27(37)38)11-18(20)25(35)34-24-14-6-5-13(9-14)23(24)26(36)33-15-3-2-4-16(10-15)43(39,40)28(30,31)32/h2-8,10-14,23-24H,9H2,1H3,(H,33,36)(H,34,35)(H,37,38)/t13-,14+,23+,24-/m1/s1. The van der Waals surface area contributed by atoms with Gasteiger partial charge in [0.2, 0.25) is 5.91 Å². The lowest BCUT2D eigenvalue weighted by Crippen LogP contribution is -2.47. The van der Waals surface area contributed by atoms with Crippen LogP contribution in [-0.2, 0) is 14.6 Å². The van der Waals surface area contributed by atoms with Crippen LogP contribution in [0.3, 0.4) is 0 Å². The molecule has 4 atom stereocenters. The Balaban J connectivity index is 1.40. The number of carbonyl (C=O) groups excluding carboxylic acids is 2. The van der Waals surface area contributed by atoms with Gasteiger partial charge in [-0.3, -0.25) is 9.59 Å². The monoisotopic (exact) mass is 638 g/mol. The molecule has 2 bridgehead atoms. The molecule has 2 amide bonds. The van der Waals surface area contributed by atoms with Gasteiger partial charge in [-0.25, -0.2) is 17.6 Å². The van der Waals surface area contributed by atoms with Crippen LogP contribution in [0.15, 0.2) is 65.6 Å². The number of thiophene rings is 1. The molecule has 1 aromatic heterocycles. The summed E-state index contributed by atoms with van der Waals surface area (Å²) in [5.41, 5.74) is -5.79. The van der Waals surface area contributed by atoms with Crippen molar-refractivity contribution >= 4 is 44.6 Å². The molecule has 226 valence electrons. The number of allylic oxidation sites excluding steroid dienone is 1. The van der Waals surface area contributed by atoms with E-state index >= 15 is 0 Å². The van der Waals surface area contributed by atoms with Gasteiger partial charge in [0.1, 0.15) is 16.4 Å². The van der Waals surface area contributed by atoms with E-state index in [4.69, 9.17) is 4.74 Å². The molecule has 2 aliphatic carbocycles. The summed E-state index contributed by atoms with van der Waals surface area (Å²) in [4.78, 5) is 37.4. The number of hydrogen-bond donors (Lipinski definition) is 3. The number of benzene rings is 2. The maximum Gasteiger partial charge on any atom is 0.501 e. The summed E-state index contributed by atoms with van der Waals surface area (Å²) in [5, 5.41) is 14.5. The molecule has 0 saturated heterocycles. The second kappa shape index (κ2) is 11.1. The molecule has 1 fully saturated rings. The Labute approximate surface area is 246 Å². The zero-order valence-corrected chi connectivity index (χ0v) is 23.6. The minimum atomic E-state index is -5.64. The Kier molecular flexibility index (Phi) is 7.81. The van der Waals surface area contributed by atoms with Gasteiger partial charge in [-0.1, -0.05) is 18.2 Å². The maximum absolute atomic E-state index is 14.9. The summed E-state index contributed by atoms with van der Waals surface area (Å²) < 4.78 is 82.9. The number of rotatable bonds is 8. The Morgan fingerprint density at radius 2 is 1.77 bits per heavy atom. The van der Waals surface area contributed by atoms with Crippen molar-refractivity contribution in [2.24, 2.45) is 17.8 Å². The lowest BCUT2D eigenvalue weighted by molar-refractivity contribution is -0.121. The predicted octanol–water partition coefficient (Wildman–Crippen LogP) is 5.11. The van der Waals surface area contributed by atoms with E-state index in [1.54, 1.807) is 6.08 Å². The van der Waals surface area contributed by atoms with Crippen LogP contribution >= 0.6 is 11.3 Å². The number of sulfone groups is 1. The van der Waals surface area contributed by atoms with Crippen molar-refractivity contribution in [2.45, 2.75) is 22.9 Å². The summed E-state index contributed by atoms with van der Waals surface area (Å²) >= 11 is 0.820. The number of anilines is 1. The minimum Gasteiger partial charge on any atom is -0.496 e. The van der Waals surface area contributed by atoms with Gasteiger partial charge >= 0.3 is 11.5 Å². The molecule has 9 nitrogen and oxygen atoms in total. The van der Waals surface area contributed by atoms with Crippen LogP contribution < -0.4 is 15.4 Å². The molecule has 43 heavy (non-hydrogen) atoms. The quantitative estimate of drug-likeness (QED) is 0.230. The number of fused-ring (bicyclic) bond motifs is 2.